The van der Waals surface area contributed by atoms with E-state index in [1.807, 2.05) is 0 Å². The number of morpholine rings is 1. The molecule has 2 saturated heterocycles. The van der Waals surface area contributed by atoms with Crippen LogP contribution in [0.5, 0.6) is 5.75 Å². The number of nitrogens with one attached hydrogen (secondary N) is 1. The zero-order valence-corrected chi connectivity index (χ0v) is 22.3. The smallest absolute Gasteiger partial charge is 0.417 e. The van der Waals surface area contributed by atoms with Crippen molar-refractivity contribution in [3.8, 4) is 5.75 Å². The number of nitrogens with zero attached hydrogens (tertiary/aromatic N) is 3. The topological polar surface area (TPSA) is 94.4 Å². The summed E-state index contributed by atoms with van der Waals surface area (Å²) in [4.78, 5) is 32.2. The van der Waals surface area contributed by atoms with Crippen LogP contribution in [-0.2, 0) is 14.3 Å². The summed E-state index contributed by atoms with van der Waals surface area (Å²) in [5.41, 5.74) is -2.16. The minimum absolute atomic E-state index is 0.136. The molecule has 0 radical (unpaired) electrons. The molecule has 14 heteroatoms. The zero-order valence-electron chi connectivity index (χ0n) is 22.3. The van der Waals surface area contributed by atoms with E-state index in [2.05, 4.69) is 10.3 Å². The third kappa shape index (κ3) is 4.99. The number of pyridine rings is 1. The number of imidazole rings is 1. The van der Waals surface area contributed by atoms with Crippen LogP contribution in [0.15, 0.2) is 36.7 Å². The van der Waals surface area contributed by atoms with Crippen LogP contribution in [0.4, 0.5) is 27.6 Å². The number of halogens is 5. The molecule has 0 saturated carbocycles. The number of amides is 2. The highest BCUT2D eigenvalue weighted by Crippen LogP contribution is 2.55. The lowest BCUT2D eigenvalue weighted by Gasteiger charge is -2.32. The number of benzene rings is 1. The molecular weight excluding hydrogens is 555 g/mol. The van der Waals surface area contributed by atoms with E-state index in [1.54, 1.807) is 4.90 Å². The molecule has 2 aliphatic heterocycles. The highest BCUT2D eigenvalue weighted by Gasteiger charge is 2.66. The Balaban J connectivity index is 1.45. The van der Waals surface area contributed by atoms with Gasteiger partial charge in [0.15, 0.2) is 17.2 Å². The van der Waals surface area contributed by atoms with Crippen LogP contribution in [0, 0.1) is 17.6 Å². The average Bonchev–Trinajstić information content (AvgIpc) is 3.49. The fourth-order valence-corrected chi connectivity index (χ4v) is 5.35. The predicted octanol–water partition coefficient (Wildman–Crippen LogP) is 4.17. The van der Waals surface area contributed by atoms with Gasteiger partial charge in [-0.1, -0.05) is 13.0 Å². The molecule has 2 aliphatic rings. The first kappa shape index (κ1) is 28.7. The fourth-order valence-electron chi connectivity index (χ4n) is 5.35. The molecule has 1 aromatic carbocycles. The molecule has 4 heterocycles. The summed E-state index contributed by atoms with van der Waals surface area (Å²) < 4.78 is 88.2. The van der Waals surface area contributed by atoms with Gasteiger partial charge in [-0.25, -0.2) is 9.37 Å². The number of carbonyl (C=O) groups excluding carboxylic acids is 2. The summed E-state index contributed by atoms with van der Waals surface area (Å²) in [6, 6.07) is 4.85. The number of ether oxygens (including phenoxy) is 3. The van der Waals surface area contributed by atoms with Crippen molar-refractivity contribution < 1.29 is 45.8 Å². The van der Waals surface area contributed by atoms with E-state index in [1.165, 1.54) is 35.9 Å². The molecule has 9 nitrogen and oxygen atoms in total. The van der Waals surface area contributed by atoms with Crippen LogP contribution >= 0.6 is 0 Å². The maximum atomic E-state index is 14.6. The number of anilines is 1. The van der Waals surface area contributed by atoms with Gasteiger partial charge >= 0.3 is 6.18 Å². The van der Waals surface area contributed by atoms with Gasteiger partial charge in [-0.05, 0) is 25.1 Å². The van der Waals surface area contributed by atoms with Gasteiger partial charge in [0, 0.05) is 42.9 Å². The molecule has 2 fully saturated rings. The van der Waals surface area contributed by atoms with Crippen LogP contribution < -0.4 is 10.1 Å². The Labute approximate surface area is 231 Å². The summed E-state index contributed by atoms with van der Waals surface area (Å²) >= 11 is 0. The number of alkyl halides is 3. The number of methoxy groups -OCH3 is 1. The third-order valence-corrected chi connectivity index (χ3v) is 7.81. The molecule has 2 aromatic heterocycles. The molecule has 220 valence electrons. The molecule has 41 heavy (non-hydrogen) atoms. The predicted molar refractivity (Wildman–Crippen MR) is 135 cm³/mol. The van der Waals surface area contributed by atoms with Gasteiger partial charge in [0.05, 0.1) is 26.0 Å². The summed E-state index contributed by atoms with van der Waals surface area (Å²) in [5, 5.41) is 2.55. The van der Waals surface area contributed by atoms with Crippen molar-refractivity contribution in [3.63, 3.8) is 0 Å². The standard InChI is InChI=1S/C27H27F5N4O5/c1-14-20(16-5-6-17(28)21(29)22(16)39-3)23(41-26(14,2)27(30,31)32)24(37)33-15-4-7-19-34-18(13-36(19)12-15)25(38)35-8-10-40-11-9-35/h4-7,12-14,20,23H,8-11H2,1-3H3,(H,33,37)/t14-,20-,23+,26+/m0/s1. The Morgan fingerprint density at radius 1 is 1.12 bits per heavy atom. The second-order valence-corrected chi connectivity index (χ2v) is 10.1. The Bertz CT molecular complexity index is 1490. The van der Waals surface area contributed by atoms with Gasteiger partial charge in [0.25, 0.3) is 11.8 Å². The first-order valence-electron chi connectivity index (χ1n) is 12.8. The van der Waals surface area contributed by atoms with Crippen molar-refractivity contribution in [2.45, 2.75) is 37.6 Å². The van der Waals surface area contributed by atoms with Crippen LogP contribution in [0.3, 0.4) is 0 Å². The molecule has 3 aromatic rings. The largest absolute Gasteiger partial charge is 0.493 e. The van der Waals surface area contributed by atoms with E-state index in [9.17, 15) is 31.5 Å². The van der Waals surface area contributed by atoms with E-state index in [0.29, 0.717) is 32.0 Å². The number of carbonyl (C=O) groups is 2. The first-order valence-corrected chi connectivity index (χ1v) is 12.8. The van der Waals surface area contributed by atoms with E-state index in [4.69, 9.17) is 14.2 Å². The second kappa shape index (κ2) is 10.6. The van der Waals surface area contributed by atoms with Crippen LogP contribution in [0.1, 0.15) is 35.8 Å². The van der Waals surface area contributed by atoms with Crippen molar-refractivity contribution in [1.29, 1.82) is 0 Å². The van der Waals surface area contributed by atoms with Gasteiger partial charge in [-0.3, -0.25) is 9.59 Å². The monoisotopic (exact) mass is 582 g/mol. The Morgan fingerprint density at radius 3 is 2.49 bits per heavy atom. The summed E-state index contributed by atoms with van der Waals surface area (Å²) in [6.07, 6.45) is -3.70. The molecule has 2 amide bonds. The fraction of sp³-hybridized carbons (Fsp3) is 0.444. The SMILES string of the molecule is COc1c([C@H]2[C@H](C(=O)Nc3ccc4nc(C(=O)N5CCOCC5)cn4c3)O[C@@](C)(C(F)(F)F)[C@H]2C)ccc(F)c1F. The van der Waals surface area contributed by atoms with Crippen molar-refractivity contribution in [3.05, 3.63) is 59.6 Å². The molecule has 0 aliphatic carbocycles. The maximum absolute atomic E-state index is 14.6. The summed E-state index contributed by atoms with van der Waals surface area (Å²) in [6.45, 7) is 3.73. The maximum Gasteiger partial charge on any atom is 0.417 e. The van der Waals surface area contributed by atoms with E-state index < -0.39 is 53.0 Å². The number of fused-ring (bicyclic) bond motifs is 1. The molecule has 0 bridgehead atoms. The lowest BCUT2D eigenvalue weighted by Crippen LogP contribution is -2.47. The molecule has 0 spiro atoms. The van der Waals surface area contributed by atoms with Gasteiger partial charge in [-0.2, -0.15) is 17.6 Å². The first-order chi connectivity index (χ1) is 19.4. The van der Waals surface area contributed by atoms with E-state index in [0.717, 1.165) is 26.2 Å². The number of aromatic nitrogens is 2. The van der Waals surface area contributed by atoms with Crippen LogP contribution in [-0.4, -0.2) is 77.4 Å². The second-order valence-electron chi connectivity index (χ2n) is 10.1. The van der Waals surface area contributed by atoms with Gasteiger partial charge in [0.1, 0.15) is 17.4 Å². The highest BCUT2D eigenvalue weighted by atomic mass is 19.4. The Hall–Kier alpha value is -3.78. The third-order valence-electron chi connectivity index (χ3n) is 7.81. The summed E-state index contributed by atoms with van der Waals surface area (Å²) in [5.74, 6) is -7.20. The minimum atomic E-state index is -4.88. The Morgan fingerprint density at radius 2 is 1.83 bits per heavy atom. The quantitative estimate of drug-likeness (QED) is 0.454. The van der Waals surface area contributed by atoms with E-state index in [-0.39, 0.29) is 22.9 Å². The normalized spacial score (nSPS) is 25.0. The average molecular weight is 583 g/mol. The lowest BCUT2D eigenvalue weighted by molar-refractivity contribution is -0.272. The van der Waals surface area contributed by atoms with Gasteiger partial charge in [0.2, 0.25) is 5.82 Å². The zero-order chi connectivity index (χ0) is 29.7. The van der Waals surface area contributed by atoms with Crippen molar-refractivity contribution in [2.75, 3.05) is 38.7 Å². The van der Waals surface area contributed by atoms with Crippen molar-refractivity contribution in [1.82, 2.24) is 14.3 Å². The molecule has 1 N–H and O–H groups in total. The minimum Gasteiger partial charge on any atom is -0.493 e. The van der Waals surface area contributed by atoms with Crippen molar-refractivity contribution >= 4 is 23.1 Å². The number of hydrogen-bond acceptors (Lipinski definition) is 6. The van der Waals surface area contributed by atoms with Gasteiger partial charge < -0.3 is 28.8 Å². The molecule has 5 rings (SSSR count). The highest BCUT2D eigenvalue weighted by molar-refractivity contribution is 5.96. The number of hydrogen-bond donors (Lipinski definition) is 1. The molecule has 4 atom stereocenters. The molecule has 0 unspecified atom stereocenters. The number of rotatable bonds is 5. The van der Waals surface area contributed by atoms with Gasteiger partial charge in [-0.15, -0.1) is 0 Å². The molecular formula is C27H27F5N4O5. The van der Waals surface area contributed by atoms with E-state index >= 15 is 0 Å². The van der Waals surface area contributed by atoms with Crippen LogP contribution in [0.25, 0.3) is 5.65 Å². The van der Waals surface area contributed by atoms with Crippen molar-refractivity contribution in [2.24, 2.45) is 5.92 Å². The lowest BCUT2D eigenvalue weighted by atomic mass is 9.77. The Kier molecular flexibility index (Phi) is 7.40. The summed E-state index contributed by atoms with van der Waals surface area (Å²) in [7, 11) is 1.05. The van der Waals surface area contributed by atoms with Crippen LogP contribution in [0.2, 0.25) is 0 Å².